The number of carbonyl (C=O) groups excluding carboxylic acids is 1. The zero-order valence-corrected chi connectivity index (χ0v) is 12.0. The lowest BCUT2D eigenvalue weighted by Crippen LogP contribution is -2.05. The minimum Gasteiger partial charge on any atom is -0.326 e. The quantitative estimate of drug-likeness (QED) is 0.842. The van der Waals surface area contributed by atoms with E-state index in [1.54, 1.807) is 11.8 Å². The number of rotatable bonds is 4. The number of hydrogen-bond acceptors (Lipinski definition) is 2. The molecule has 0 saturated carbocycles. The summed E-state index contributed by atoms with van der Waals surface area (Å²) in [5.74, 6) is 0.923. The van der Waals surface area contributed by atoms with Gasteiger partial charge in [0.2, 0.25) is 5.91 Å². The van der Waals surface area contributed by atoms with Crippen molar-refractivity contribution in [2.75, 3.05) is 5.32 Å². The largest absolute Gasteiger partial charge is 0.326 e. The zero-order valence-electron chi connectivity index (χ0n) is 11.1. The highest BCUT2D eigenvalue weighted by Gasteiger charge is 2.00. The van der Waals surface area contributed by atoms with E-state index >= 15 is 0 Å². The van der Waals surface area contributed by atoms with Crippen LogP contribution in [-0.2, 0) is 10.5 Å². The molecule has 0 radical (unpaired) electrons. The van der Waals surface area contributed by atoms with Gasteiger partial charge in [-0.25, -0.2) is 0 Å². The number of nitrogens with one attached hydrogen (secondary N) is 1. The molecular weight excluding hydrogens is 254 g/mol. The normalized spacial score (nSPS) is 10.2. The van der Waals surface area contributed by atoms with Gasteiger partial charge in [0, 0.05) is 23.3 Å². The first-order valence-corrected chi connectivity index (χ1v) is 7.18. The summed E-state index contributed by atoms with van der Waals surface area (Å²) in [4.78, 5) is 12.1. The number of benzene rings is 2. The lowest BCUT2D eigenvalue weighted by molar-refractivity contribution is -0.114. The summed E-state index contributed by atoms with van der Waals surface area (Å²) in [6, 6.07) is 16.4. The van der Waals surface area contributed by atoms with E-state index < -0.39 is 0 Å². The van der Waals surface area contributed by atoms with Crippen molar-refractivity contribution < 1.29 is 4.79 Å². The van der Waals surface area contributed by atoms with Gasteiger partial charge in [-0.1, -0.05) is 24.3 Å². The molecule has 19 heavy (non-hydrogen) atoms. The molecule has 2 aromatic rings. The first-order valence-electron chi connectivity index (χ1n) is 6.20. The maximum Gasteiger partial charge on any atom is 0.221 e. The van der Waals surface area contributed by atoms with Crippen molar-refractivity contribution in [3.63, 3.8) is 0 Å². The smallest absolute Gasteiger partial charge is 0.221 e. The fourth-order valence-corrected chi connectivity index (χ4v) is 2.75. The number of hydrogen-bond donors (Lipinski definition) is 1. The average molecular weight is 271 g/mol. The molecule has 1 amide bonds. The predicted molar refractivity (Wildman–Crippen MR) is 81.5 cm³/mol. The van der Waals surface area contributed by atoms with Gasteiger partial charge in [0.05, 0.1) is 0 Å². The van der Waals surface area contributed by atoms with Crippen LogP contribution in [0.1, 0.15) is 18.1 Å². The van der Waals surface area contributed by atoms with Crippen LogP contribution >= 0.6 is 11.8 Å². The summed E-state index contributed by atoms with van der Waals surface area (Å²) in [6.07, 6.45) is 0. The Bertz CT molecular complexity index is 563. The molecule has 0 fully saturated rings. The number of aryl methyl sites for hydroxylation is 1. The van der Waals surface area contributed by atoms with E-state index in [0.29, 0.717) is 0 Å². The Kier molecular flexibility index (Phi) is 4.63. The van der Waals surface area contributed by atoms with Crippen molar-refractivity contribution in [2.24, 2.45) is 0 Å². The summed E-state index contributed by atoms with van der Waals surface area (Å²) in [5, 5.41) is 2.77. The van der Waals surface area contributed by atoms with Crippen LogP contribution in [0.4, 0.5) is 5.69 Å². The third-order valence-electron chi connectivity index (χ3n) is 2.83. The topological polar surface area (TPSA) is 29.1 Å². The van der Waals surface area contributed by atoms with E-state index in [4.69, 9.17) is 0 Å². The summed E-state index contributed by atoms with van der Waals surface area (Å²) >= 11 is 1.80. The molecule has 0 heterocycles. The highest BCUT2D eigenvalue weighted by Crippen LogP contribution is 2.25. The Morgan fingerprint density at radius 1 is 1.11 bits per heavy atom. The van der Waals surface area contributed by atoms with Crippen LogP contribution < -0.4 is 5.32 Å². The number of thioether (sulfide) groups is 1. The van der Waals surface area contributed by atoms with Crippen LogP contribution in [0.25, 0.3) is 0 Å². The van der Waals surface area contributed by atoms with Crippen LogP contribution in [0.5, 0.6) is 0 Å². The molecule has 2 aromatic carbocycles. The lowest BCUT2D eigenvalue weighted by Gasteiger charge is -2.06. The maximum atomic E-state index is 10.9. The van der Waals surface area contributed by atoms with Crippen molar-refractivity contribution in [3.05, 3.63) is 59.7 Å². The third-order valence-corrected chi connectivity index (χ3v) is 3.89. The van der Waals surface area contributed by atoms with Gasteiger partial charge < -0.3 is 5.32 Å². The molecule has 0 atom stereocenters. The van der Waals surface area contributed by atoms with Crippen LogP contribution in [0.2, 0.25) is 0 Å². The van der Waals surface area contributed by atoms with Gasteiger partial charge >= 0.3 is 0 Å². The molecule has 0 aliphatic carbocycles. The van der Waals surface area contributed by atoms with Crippen LogP contribution in [0.3, 0.4) is 0 Å². The number of anilines is 1. The van der Waals surface area contributed by atoms with Crippen LogP contribution in [0.15, 0.2) is 53.4 Å². The molecule has 3 heteroatoms. The van der Waals surface area contributed by atoms with Crippen LogP contribution in [-0.4, -0.2) is 5.91 Å². The minimum atomic E-state index is -0.0414. The minimum absolute atomic E-state index is 0.0414. The first kappa shape index (κ1) is 13.7. The Balaban J connectivity index is 1.97. The molecule has 1 N–H and O–H groups in total. The summed E-state index contributed by atoms with van der Waals surface area (Å²) in [6.45, 7) is 3.65. The van der Waals surface area contributed by atoms with Gasteiger partial charge in [0.1, 0.15) is 0 Å². The molecule has 0 spiro atoms. The van der Waals surface area contributed by atoms with E-state index in [1.807, 2.05) is 24.3 Å². The Morgan fingerprint density at radius 2 is 1.79 bits per heavy atom. The molecule has 0 saturated heterocycles. The van der Waals surface area contributed by atoms with Gasteiger partial charge in [0.15, 0.2) is 0 Å². The Labute approximate surface area is 118 Å². The van der Waals surface area contributed by atoms with Crippen molar-refractivity contribution in [3.8, 4) is 0 Å². The van der Waals surface area contributed by atoms with Gasteiger partial charge in [-0.15, -0.1) is 11.8 Å². The Hall–Kier alpha value is -1.74. The van der Waals surface area contributed by atoms with E-state index in [1.165, 1.54) is 22.9 Å². The lowest BCUT2D eigenvalue weighted by atomic mass is 10.1. The molecule has 0 aromatic heterocycles. The van der Waals surface area contributed by atoms with E-state index in [9.17, 15) is 4.79 Å². The number of carbonyl (C=O) groups is 1. The molecule has 0 unspecified atom stereocenters. The van der Waals surface area contributed by atoms with Gasteiger partial charge in [-0.05, 0) is 42.3 Å². The summed E-state index contributed by atoms with van der Waals surface area (Å²) in [7, 11) is 0. The average Bonchev–Trinajstić information content (AvgIpc) is 2.39. The van der Waals surface area contributed by atoms with Crippen molar-refractivity contribution in [1.82, 2.24) is 0 Å². The molecule has 0 aliphatic rings. The maximum absolute atomic E-state index is 10.9. The standard InChI is InChI=1S/C16H17NOS/c1-12-5-3-4-6-14(12)11-19-16-9-7-15(8-10-16)17-13(2)18/h3-10H,11H2,1-2H3,(H,17,18). The molecule has 98 valence electrons. The highest BCUT2D eigenvalue weighted by molar-refractivity contribution is 7.98. The molecule has 0 bridgehead atoms. The van der Waals surface area contributed by atoms with E-state index in [0.717, 1.165) is 11.4 Å². The second kappa shape index (κ2) is 6.43. The van der Waals surface area contributed by atoms with Gasteiger partial charge in [-0.3, -0.25) is 4.79 Å². The molecule has 2 rings (SSSR count). The summed E-state index contributed by atoms with van der Waals surface area (Å²) < 4.78 is 0. The third kappa shape index (κ3) is 4.14. The first-order chi connectivity index (χ1) is 9.15. The van der Waals surface area contributed by atoms with E-state index in [2.05, 4.69) is 36.5 Å². The van der Waals surface area contributed by atoms with Crippen molar-refractivity contribution in [2.45, 2.75) is 24.5 Å². The second-order valence-electron chi connectivity index (χ2n) is 4.42. The van der Waals surface area contributed by atoms with E-state index in [-0.39, 0.29) is 5.91 Å². The molecule has 0 aliphatic heterocycles. The molecular formula is C16H17NOS. The Morgan fingerprint density at radius 3 is 2.42 bits per heavy atom. The second-order valence-corrected chi connectivity index (χ2v) is 5.47. The van der Waals surface area contributed by atoms with Crippen molar-refractivity contribution in [1.29, 1.82) is 0 Å². The summed E-state index contributed by atoms with van der Waals surface area (Å²) in [5.41, 5.74) is 3.52. The van der Waals surface area contributed by atoms with Gasteiger partial charge in [-0.2, -0.15) is 0 Å². The highest BCUT2D eigenvalue weighted by atomic mass is 32.2. The zero-order chi connectivity index (χ0) is 13.7. The monoisotopic (exact) mass is 271 g/mol. The fraction of sp³-hybridized carbons (Fsp3) is 0.188. The SMILES string of the molecule is CC(=O)Nc1ccc(SCc2ccccc2C)cc1. The molecule has 2 nitrogen and oxygen atoms in total. The fourth-order valence-electron chi connectivity index (χ4n) is 1.77. The van der Waals surface area contributed by atoms with Crippen LogP contribution in [0, 0.1) is 6.92 Å². The number of amides is 1. The van der Waals surface area contributed by atoms with Gasteiger partial charge in [0.25, 0.3) is 0 Å². The predicted octanol–water partition coefficient (Wildman–Crippen LogP) is 4.25. The van der Waals surface area contributed by atoms with Crippen molar-refractivity contribution >= 4 is 23.4 Å².